The van der Waals surface area contributed by atoms with Crippen LogP contribution in [0.4, 0.5) is 5.69 Å². The van der Waals surface area contributed by atoms with E-state index in [0.717, 1.165) is 5.56 Å². The number of carbonyl (C=O) groups is 1. The summed E-state index contributed by atoms with van der Waals surface area (Å²) in [6, 6.07) is 22.5. The predicted octanol–water partition coefficient (Wildman–Crippen LogP) is 3.51. The zero-order valence-electron chi connectivity index (χ0n) is 14.1. The smallest absolute Gasteiger partial charge is 0.262 e. The summed E-state index contributed by atoms with van der Waals surface area (Å²) in [6.45, 7) is 0. The third kappa shape index (κ3) is 3.60. The molecule has 132 valence electrons. The van der Waals surface area contributed by atoms with Gasteiger partial charge in [-0.15, -0.1) is 0 Å². The van der Waals surface area contributed by atoms with Crippen molar-refractivity contribution in [2.24, 2.45) is 0 Å². The zero-order valence-corrected chi connectivity index (χ0v) is 15.0. The Morgan fingerprint density at radius 2 is 1.42 bits per heavy atom. The van der Waals surface area contributed by atoms with Gasteiger partial charge in [0, 0.05) is 12.6 Å². The number of hydrogen-bond donors (Lipinski definition) is 2. The summed E-state index contributed by atoms with van der Waals surface area (Å²) in [4.78, 5) is 12.1. The molecule has 0 fully saturated rings. The molecule has 0 saturated heterocycles. The van der Waals surface area contributed by atoms with Crippen molar-refractivity contribution in [2.45, 2.75) is 4.90 Å². The van der Waals surface area contributed by atoms with Gasteiger partial charge in [-0.05, 0) is 23.8 Å². The standard InChI is InChI=1S/C20H18N2O3S/c1-21-20(23)17-12-5-7-13-18(17)22-26(24,25)19-14-8-6-11-16(19)15-9-3-2-4-10-15/h2-14,22H,1H3,(H,21,23). The van der Waals surface area contributed by atoms with Crippen LogP contribution in [0.5, 0.6) is 0 Å². The number of sulfonamides is 1. The van der Waals surface area contributed by atoms with Gasteiger partial charge in [-0.3, -0.25) is 9.52 Å². The Labute approximate surface area is 152 Å². The maximum atomic E-state index is 13.0. The monoisotopic (exact) mass is 366 g/mol. The lowest BCUT2D eigenvalue weighted by atomic mass is 10.1. The van der Waals surface area contributed by atoms with Crippen LogP contribution in [0.15, 0.2) is 83.8 Å². The van der Waals surface area contributed by atoms with Gasteiger partial charge >= 0.3 is 0 Å². The molecule has 3 aromatic rings. The Kier molecular flexibility index (Phi) is 5.04. The highest BCUT2D eigenvalue weighted by Crippen LogP contribution is 2.29. The molecule has 0 bridgehead atoms. The third-order valence-electron chi connectivity index (χ3n) is 3.90. The van der Waals surface area contributed by atoms with Crippen molar-refractivity contribution in [3.8, 4) is 11.1 Å². The van der Waals surface area contributed by atoms with Crippen LogP contribution in [-0.2, 0) is 10.0 Å². The Morgan fingerprint density at radius 3 is 2.15 bits per heavy atom. The van der Waals surface area contributed by atoms with E-state index in [1.807, 2.05) is 30.3 Å². The van der Waals surface area contributed by atoms with Gasteiger partial charge in [0.05, 0.1) is 16.1 Å². The summed E-state index contributed by atoms with van der Waals surface area (Å²) >= 11 is 0. The lowest BCUT2D eigenvalue weighted by Crippen LogP contribution is -2.21. The van der Waals surface area contributed by atoms with Crippen molar-refractivity contribution in [1.29, 1.82) is 0 Å². The van der Waals surface area contributed by atoms with Crippen molar-refractivity contribution in [2.75, 3.05) is 11.8 Å². The van der Waals surface area contributed by atoms with Crippen LogP contribution in [0.25, 0.3) is 11.1 Å². The molecule has 3 aromatic carbocycles. The highest BCUT2D eigenvalue weighted by Gasteiger charge is 2.21. The molecule has 26 heavy (non-hydrogen) atoms. The van der Waals surface area contributed by atoms with E-state index < -0.39 is 10.0 Å². The second-order valence-corrected chi connectivity index (χ2v) is 7.24. The maximum Gasteiger partial charge on any atom is 0.262 e. The topological polar surface area (TPSA) is 75.3 Å². The van der Waals surface area contributed by atoms with Crippen LogP contribution in [-0.4, -0.2) is 21.4 Å². The van der Waals surface area contributed by atoms with Crippen LogP contribution in [0.1, 0.15) is 10.4 Å². The first-order valence-corrected chi connectivity index (χ1v) is 9.49. The second kappa shape index (κ2) is 7.41. The van der Waals surface area contributed by atoms with E-state index in [-0.39, 0.29) is 22.1 Å². The van der Waals surface area contributed by atoms with Crippen molar-refractivity contribution in [3.63, 3.8) is 0 Å². The highest BCUT2D eigenvalue weighted by molar-refractivity contribution is 7.92. The second-order valence-electron chi connectivity index (χ2n) is 5.59. The molecule has 2 N–H and O–H groups in total. The fraction of sp³-hybridized carbons (Fsp3) is 0.0500. The first-order valence-electron chi connectivity index (χ1n) is 8.01. The Morgan fingerprint density at radius 1 is 0.808 bits per heavy atom. The van der Waals surface area contributed by atoms with E-state index in [2.05, 4.69) is 10.0 Å². The third-order valence-corrected chi connectivity index (χ3v) is 5.33. The fourth-order valence-corrected chi connectivity index (χ4v) is 3.97. The van der Waals surface area contributed by atoms with Gasteiger partial charge in [0.2, 0.25) is 0 Å². The van der Waals surface area contributed by atoms with Gasteiger partial charge in [0.15, 0.2) is 0 Å². The minimum atomic E-state index is -3.89. The molecule has 6 heteroatoms. The largest absolute Gasteiger partial charge is 0.355 e. The molecule has 0 aliphatic carbocycles. The van der Waals surface area contributed by atoms with E-state index in [1.54, 1.807) is 48.5 Å². The van der Waals surface area contributed by atoms with Crippen LogP contribution < -0.4 is 10.0 Å². The molecule has 3 rings (SSSR count). The summed E-state index contributed by atoms with van der Waals surface area (Å²) in [7, 11) is -2.39. The van der Waals surface area contributed by atoms with Crippen LogP contribution in [0.2, 0.25) is 0 Å². The number of amides is 1. The molecule has 0 unspecified atom stereocenters. The number of nitrogens with one attached hydrogen (secondary N) is 2. The van der Waals surface area contributed by atoms with E-state index >= 15 is 0 Å². The summed E-state index contributed by atoms with van der Waals surface area (Å²) in [5.41, 5.74) is 1.89. The lowest BCUT2D eigenvalue weighted by molar-refractivity contribution is 0.0964. The number of anilines is 1. The first kappa shape index (κ1) is 17.7. The number of rotatable bonds is 5. The van der Waals surface area contributed by atoms with Crippen LogP contribution in [0.3, 0.4) is 0 Å². The van der Waals surface area contributed by atoms with Gasteiger partial charge < -0.3 is 5.32 Å². The molecule has 1 amide bonds. The quantitative estimate of drug-likeness (QED) is 0.725. The van der Waals surface area contributed by atoms with E-state index in [1.165, 1.54) is 7.05 Å². The van der Waals surface area contributed by atoms with Crippen LogP contribution >= 0.6 is 0 Å². The minimum Gasteiger partial charge on any atom is -0.355 e. The van der Waals surface area contributed by atoms with Crippen molar-refractivity contribution in [3.05, 3.63) is 84.4 Å². The molecule has 0 spiro atoms. The Hall–Kier alpha value is -3.12. The average molecular weight is 366 g/mol. The Balaban J connectivity index is 2.05. The first-order chi connectivity index (χ1) is 12.5. The van der Waals surface area contributed by atoms with Gasteiger partial charge in [-0.2, -0.15) is 0 Å². The summed E-state index contributed by atoms with van der Waals surface area (Å²) in [5.74, 6) is -0.361. The summed E-state index contributed by atoms with van der Waals surface area (Å²) in [5, 5.41) is 2.51. The molecule has 0 aliphatic rings. The molecule has 0 atom stereocenters. The fourth-order valence-electron chi connectivity index (χ4n) is 2.66. The average Bonchev–Trinajstić information content (AvgIpc) is 2.68. The normalized spacial score (nSPS) is 11.0. The van der Waals surface area contributed by atoms with E-state index in [9.17, 15) is 13.2 Å². The highest BCUT2D eigenvalue weighted by atomic mass is 32.2. The lowest BCUT2D eigenvalue weighted by Gasteiger charge is -2.14. The van der Waals surface area contributed by atoms with Gasteiger partial charge in [0.1, 0.15) is 0 Å². The summed E-state index contributed by atoms with van der Waals surface area (Å²) in [6.07, 6.45) is 0. The summed E-state index contributed by atoms with van der Waals surface area (Å²) < 4.78 is 28.6. The number of hydrogen-bond acceptors (Lipinski definition) is 3. The molecule has 0 heterocycles. The molecular weight excluding hydrogens is 348 g/mol. The van der Waals surface area contributed by atoms with E-state index in [0.29, 0.717) is 5.56 Å². The predicted molar refractivity (Wildman–Crippen MR) is 103 cm³/mol. The van der Waals surface area contributed by atoms with Gasteiger partial charge in [0.25, 0.3) is 15.9 Å². The molecular formula is C20H18N2O3S. The van der Waals surface area contributed by atoms with Gasteiger partial charge in [-0.1, -0.05) is 60.7 Å². The van der Waals surface area contributed by atoms with Crippen molar-refractivity contribution >= 4 is 21.6 Å². The van der Waals surface area contributed by atoms with Crippen molar-refractivity contribution in [1.82, 2.24) is 5.32 Å². The molecule has 0 aromatic heterocycles. The van der Waals surface area contributed by atoms with Crippen molar-refractivity contribution < 1.29 is 13.2 Å². The number of para-hydroxylation sites is 1. The maximum absolute atomic E-state index is 13.0. The molecule has 0 saturated carbocycles. The van der Waals surface area contributed by atoms with E-state index in [4.69, 9.17) is 0 Å². The number of carbonyl (C=O) groups excluding carboxylic acids is 1. The minimum absolute atomic E-state index is 0.151. The zero-order chi connectivity index (χ0) is 18.6. The molecule has 0 radical (unpaired) electrons. The molecule has 0 aliphatic heterocycles. The SMILES string of the molecule is CNC(=O)c1ccccc1NS(=O)(=O)c1ccccc1-c1ccccc1. The van der Waals surface area contributed by atoms with Crippen LogP contribution in [0, 0.1) is 0 Å². The number of benzene rings is 3. The molecule has 5 nitrogen and oxygen atoms in total. The van der Waals surface area contributed by atoms with Gasteiger partial charge in [-0.25, -0.2) is 8.42 Å². The Bertz CT molecular complexity index is 1030.